The number of benzene rings is 1. The zero-order valence-electron chi connectivity index (χ0n) is 21.7. The second-order valence-corrected chi connectivity index (χ2v) is 10.4. The molecular weight excluding hydrogens is 454 g/mol. The lowest BCUT2D eigenvalue weighted by Crippen LogP contribution is -2.58. The Hall–Kier alpha value is -2.93. The van der Waals surface area contributed by atoms with Crippen LogP contribution < -0.4 is 10.1 Å². The molecule has 1 aromatic carbocycles. The van der Waals surface area contributed by atoms with E-state index < -0.39 is 0 Å². The third kappa shape index (κ3) is 5.89. The van der Waals surface area contributed by atoms with E-state index in [0.29, 0.717) is 36.9 Å². The number of hydrogen-bond acceptors (Lipinski definition) is 5. The summed E-state index contributed by atoms with van der Waals surface area (Å²) in [7, 11) is 0. The quantitative estimate of drug-likeness (QED) is 0.390. The fourth-order valence-electron chi connectivity index (χ4n) is 5.65. The van der Waals surface area contributed by atoms with E-state index in [1.165, 1.54) is 24.8 Å². The number of fused-ring (bicyclic) bond motifs is 1. The Bertz CT molecular complexity index is 1030. The molecule has 0 radical (unpaired) electrons. The molecule has 7 heteroatoms. The van der Waals surface area contributed by atoms with Crippen LogP contribution in [0.1, 0.15) is 75.2 Å². The summed E-state index contributed by atoms with van der Waals surface area (Å²) in [5.74, 6) is 1.13. The van der Waals surface area contributed by atoms with Crippen molar-refractivity contribution in [3.05, 3.63) is 53.1 Å². The lowest BCUT2D eigenvalue weighted by Gasteiger charge is -2.48. The van der Waals surface area contributed by atoms with Gasteiger partial charge in [-0.1, -0.05) is 30.2 Å². The number of nitrogens with zero attached hydrogens (tertiary/aromatic N) is 2. The Balaban J connectivity index is 1.36. The number of nitrogens with one attached hydrogen (secondary N) is 1. The van der Waals surface area contributed by atoms with Crippen LogP contribution in [0.4, 0.5) is 0 Å². The van der Waals surface area contributed by atoms with E-state index in [1.807, 2.05) is 32.0 Å². The highest BCUT2D eigenvalue weighted by atomic mass is 16.5. The van der Waals surface area contributed by atoms with Crippen molar-refractivity contribution in [3.8, 4) is 5.75 Å². The first-order valence-electron chi connectivity index (χ1n) is 13.3. The molecule has 7 nitrogen and oxygen atoms in total. The predicted molar refractivity (Wildman–Crippen MR) is 140 cm³/mol. The molecule has 0 spiro atoms. The van der Waals surface area contributed by atoms with Crippen molar-refractivity contribution in [2.24, 2.45) is 5.92 Å². The van der Waals surface area contributed by atoms with E-state index in [0.717, 1.165) is 30.8 Å². The Labute approximate surface area is 214 Å². The Morgan fingerprint density at radius 3 is 2.78 bits per heavy atom. The molecule has 194 valence electrons. The van der Waals surface area contributed by atoms with Gasteiger partial charge in [-0.3, -0.25) is 24.6 Å². The average molecular weight is 494 g/mol. The molecule has 2 aliphatic heterocycles. The first-order valence-corrected chi connectivity index (χ1v) is 13.3. The van der Waals surface area contributed by atoms with Gasteiger partial charge >= 0.3 is 0 Å². The van der Waals surface area contributed by atoms with Crippen molar-refractivity contribution in [3.63, 3.8) is 0 Å². The van der Waals surface area contributed by atoms with Crippen LogP contribution in [0.3, 0.4) is 0 Å². The summed E-state index contributed by atoms with van der Waals surface area (Å²) in [5.41, 5.74) is 3.13. The Morgan fingerprint density at radius 2 is 2.03 bits per heavy atom. The molecule has 2 heterocycles. The van der Waals surface area contributed by atoms with Crippen molar-refractivity contribution >= 4 is 18.2 Å². The van der Waals surface area contributed by atoms with Gasteiger partial charge in [0, 0.05) is 49.6 Å². The molecule has 2 fully saturated rings. The van der Waals surface area contributed by atoms with Gasteiger partial charge in [0.05, 0.1) is 0 Å². The summed E-state index contributed by atoms with van der Waals surface area (Å²) < 4.78 is 6.56. The van der Waals surface area contributed by atoms with Gasteiger partial charge in [-0.15, -0.1) is 0 Å². The highest BCUT2D eigenvalue weighted by Crippen LogP contribution is 2.35. The first kappa shape index (κ1) is 26.1. The van der Waals surface area contributed by atoms with E-state index in [9.17, 15) is 14.4 Å². The molecule has 1 saturated heterocycles. The second kappa shape index (κ2) is 11.9. The normalized spacial score (nSPS) is 23.9. The minimum absolute atomic E-state index is 0.0108. The molecule has 3 unspecified atom stereocenters. The highest BCUT2D eigenvalue weighted by molar-refractivity contribution is 5.98. The molecular formula is C29H39N3O4. The summed E-state index contributed by atoms with van der Waals surface area (Å²) in [6.45, 7) is 8.93. The average Bonchev–Trinajstić information content (AvgIpc) is 3.17. The number of likely N-dealkylation sites (tertiary alicyclic amines) is 1. The standard InChI is InChI=1S/C29H39N3O4/c1-4-5-8-20(2)23-16-31(17-23)26-9-6-7-10-27(26)36-24-12-13-25-22(15-24)18-32(29(25)35)21(3)11-14-28(34)30-19-33/h4-5,8,12-13,15,19,21,23,26-27H,6-7,9-11,14,16-18H2,1-3H3,(H,30,33,34)/b5-4-,20-8+. The van der Waals surface area contributed by atoms with Crippen LogP contribution >= 0.6 is 0 Å². The Kier molecular flexibility index (Phi) is 8.62. The number of hydrogen-bond donors (Lipinski definition) is 1. The number of carbonyl (C=O) groups is 3. The third-order valence-corrected chi connectivity index (χ3v) is 7.98. The van der Waals surface area contributed by atoms with E-state index in [1.54, 1.807) is 4.90 Å². The number of allylic oxidation sites excluding steroid dienone is 3. The highest BCUT2D eigenvalue weighted by Gasteiger charge is 2.39. The van der Waals surface area contributed by atoms with Crippen LogP contribution in [0, 0.1) is 5.92 Å². The zero-order chi connectivity index (χ0) is 25.7. The maximum atomic E-state index is 13.0. The Morgan fingerprint density at radius 1 is 1.25 bits per heavy atom. The maximum absolute atomic E-state index is 13.0. The summed E-state index contributed by atoms with van der Waals surface area (Å²) >= 11 is 0. The molecule has 0 bridgehead atoms. The van der Waals surface area contributed by atoms with Gasteiger partial charge in [-0.25, -0.2) is 0 Å². The molecule has 36 heavy (non-hydrogen) atoms. The van der Waals surface area contributed by atoms with Crippen molar-refractivity contribution in [2.75, 3.05) is 13.1 Å². The van der Waals surface area contributed by atoms with E-state index in [4.69, 9.17) is 4.74 Å². The van der Waals surface area contributed by atoms with Crippen LogP contribution in [0.25, 0.3) is 0 Å². The van der Waals surface area contributed by atoms with E-state index >= 15 is 0 Å². The van der Waals surface area contributed by atoms with Gasteiger partial charge in [0.25, 0.3) is 5.91 Å². The number of carbonyl (C=O) groups excluding carboxylic acids is 3. The van der Waals surface area contributed by atoms with E-state index in [-0.39, 0.29) is 30.4 Å². The van der Waals surface area contributed by atoms with E-state index in [2.05, 4.69) is 35.4 Å². The zero-order valence-corrected chi connectivity index (χ0v) is 21.7. The van der Waals surface area contributed by atoms with Gasteiger partial charge in [-0.05, 0) is 70.2 Å². The molecule has 1 N–H and O–H groups in total. The summed E-state index contributed by atoms with van der Waals surface area (Å²) in [6.07, 6.45) is 12.4. The van der Waals surface area contributed by atoms with Crippen molar-refractivity contribution < 1.29 is 19.1 Å². The monoisotopic (exact) mass is 493 g/mol. The van der Waals surface area contributed by atoms with Gasteiger partial charge in [-0.2, -0.15) is 0 Å². The predicted octanol–water partition coefficient (Wildman–Crippen LogP) is 4.23. The minimum atomic E-state index is -0.323. The molecule has 4 rings (SSSR count). The molecule has 3 atom stereocenters. The van der Waals surface area contributed by atoms with Crippen molar-refractivity contribution in [1.82, 2.24) is 15.1 Å². The summed E-state index contributed by atoms with van der Waals surface area (Å²) in [6, 6.07) is 6.17. The number of imide groups is 1. The third-order valence-electron chi connectivity index (χ3n) is 7.98. The lowest BCUT2D eigenvalue weighted by atomic mass is 9.84. The summed E-state index contributed by atoms with van der Waals surface area (Å²) in [4.78, 5) is 39.4. The fraction of sp³-hybridized carbons (Fsp3) is 0.552. The topological polar surface area (TPSA) is 79.0 Å². The van der Waals surface area contributed by atoms with Crippen LogP contribution in [-0.4, -0.2) is 59.3 Å². The number of rotatable bonds is 10. The molecule has 1 aliphatic carbocycles. The molecule has 0 aromatic heterocycles. The first-order chi connectivity index (χ1) is 17.4. The minimum Gasteiger partial charge on any atom is -0.489 e. The molecule has 1 saturated carbocycles. The SMILES string of the molecule is C/C=C\C=C(/C)C1CN(C2CCCCC2Oc2ccc3c(c2)CN(C(C)CCC(=O)NC=O)C3=O)C1. The largest absolute Gasteiger partial charge is 0.489 e. The van der Waals surface area contributed by atoms with Crippen molar-refractivity contribution in [1.29, 1.82) is 0 Å². The lowest BCUT2D eigenvalue weighted by molar-refractivity contribution is -0.125. The van der Waals surface area contributed by atoms with Crippen LogP contribution in [0.5, 0.6) is 5.75 Å². The summed E-state index contributed by atoms with van der Waals surface area (Å²) in [5, 5.41) is 2.15. The number of ether oxygens (including phenoxy) is 1. The van der Waals surface area contributed by atoms with Gasteiger partial charge in [0.1, 0.15) is 11.9 Å². The van der Waals surface area contributed by atoms with Gasteiger partial charge in [0.15, 0.2) is 0 Å². The molecule has 3 amide bonds. The second-order valence-electron chi connectivity index (χ2n) is 10.4. The molecule has 3 aliphatic rings. The van der Waals surface area contributed by atoms with Crippen LogP contribution in [0.15, 0.2) is 42.0 Å². The molecule has 1 aromatic rings. The number of amides is 3. The van der Waals surface area contributed by atoms with Crippen LogP contribution in [-0.2, 0) is 16.1 Å². The smallest absolute Gasteiger partial charge is 0.254 e. The van der Waals surface area contributed by atoms with Gasteiger partial charge < -0.3 is 9.64 Å². The van der Waals surface area contributed by atoms with Crippen molar-refractivity contribution in [2.45, 2.75) is 84.0 Å². The van der Waals surface area contributed by atoms with Crippen LogP contribution in [0.2, 0.25) is 0 Å². The maximum Gasteiger partial charge on any atom is 0.254 e. The van der Waals surface area contributed by atoms with Gasteiger partial charge in [0.2, 0.25) is 12.3 Å². The fourth-order valence-corrected chi connectivity index (χ4v) is 5.65.